The van der Waals surface area contributed by atoms with Crippen molar-refractivity contribution in [3.8, 4) is 52.8 Å². The number of ether oxygens (including phenoxy) is 9. The lowest BCUT2D eigenvalue weighted by atomic mass is 9.90. The van der Waals surface area contributed by atoms with E-state index in [4.69, 9.17) is 146 Å². The van der Waals surface area contributed by atoms with Gasteiger partial charge in [0.2, 0.25) is 45.6 Å². The van der Waals surface area contributed by atoms with Crippen molar-refractivity contribution in [1.29, 1.82) is 0 Å². The highest BCUT2D eigenvalue weighted by Gasteiger charge is 2.27. The number of nitrogens with two attached hydrogens (primary N) is 1. The van der Waals surface area contributed by atoms with Gasteiger partial charge >= 0.3 is 24.0 Å². The number of benzene rings is 5. The van der Waals surface area contributed by atoms with E-state index in [9.17, 15) is 0 Å². The third-order valence-corrected chi connectivity index (χ3v) is 24.5. The van der Waals surface area contributed by atoms with E-state index in [0.29, 0.717) is 169 Å². The summed E-state index contributed by atoms with van der Waals surface area (Å²) in [7, 11) is 16.3. The van der Waals surface area contributed by atoms with Crippen LogP contribution in [0.25, 0.3) is 0 Å². The van der Waals surface area contributed by atoms with Gasteiger partial charge in [-0.25, -0.2) is 0 Å². The van der Waals surface area contributed by atoms with E-state index in [-0.39, 0.29) is 63.6 Å². The lowest BCUT2D eigenvalue weighted by Crippen LogP contribution is -2.42. The number of hydrogen-bond acceptors (Lipinski definition) is 30. The molecule has 0 unspecified atom stereocenters. The van der Waals surface area contributed by atoms with Gasteiger partial charge in [-0.2, -0.15) is 59.8 Å². The number of nitrogen functional groups attached to an aromatic ring is 1. The first-order valence-corrected chi connectivity index (χ1v) is 46.3. The SMILES string of the molecule is C.C.C.C.CNC1CCN(C)CC1.COc1ccc(N)cc1Cl.COc1ccc(Nc2nc(Cl)nc(OCC3CCCCC3)n2)cc1Cl.COc1ccc(Nc2nc(Nc3ccc(OC)c(Cl)c3)nc(OCC3CCCCC3)n2)cc1Cl.COc1ccc(Nc2nc(OCC3CCCCC3)nc(N(C)C3CCN(C)CC3)n2)cc1Cl.Clc1nc(Cl)nc(OCC2CCCCC2)n1. The van der Waals surface area contributed by atoms with Crippen molar-refractivity contribution >= 4 is 151 Å². The Balaban J connectivity index is 0.000000254. The molecule has 6 fully saturated rings. The van der Waals surface area contributed by atoms with Crippen molar-refractivity contribution in [2.75, 3.05) is 148 Å². The highest BCUT2D eigenvalue weighted by atomic mass is 35.5. The molecule has 0 bridgehead atoms. The van der Waals surface area contributed by atoms with Crippen molar-refractivity contribution < 1.29 is 42.6 Å². The summed E-state index contributed by atoms with van der Waals surface area (Å²) >= 11 is 48.0. The van der Waals surface area contributed by atoms with Crippen molar-refractivity contribution in [2.24, 2.45) is 23.7 Å². The maximum atomic E-state index is 6.30. The monoisotopic (exact) mass is 1970 g/mol. The summed E-state index contributed by atoms with van der Waals surface area (Å²) in [5.41, 5.74) is 8.98. The summed E-state index contributed by atoms with van der Waals surface area (Å²) in [5.74, 6) is 7.28. The van der Waals surface area contributed by atoms with Crippen LogP contribution < -0.4 is 79.8 Å². The van der Waals surface area contributed by atoms with E-state index in [1.807, 2.05) is 30.3 Å². The maximum absolute atomic E-state index is 6.30. The van der Waals surface area contributed by atoms with Gasteiger partial charge < -0.3 is 89.6 Å². The van der Waals surface area contributed by atoms with Crippen LogP contribution >= 0.6 is 92.8 Å². The van der Waals surface area contributed by atoms with E-state index < -0.39 is 0 Å². The molecule has 6 aliphatic rings. The molecule has 2 aliphatic heterocycles. The Bertz CT molecular complexity index is 4730. The Kier molecular flexibility index (Phi) is 50.2. The quantitative estimate of drug-likeness (QED) is 0.0248. The zero-order chi connectivity index (χ0) is 90.4. The largest absolute Gasteiger partial charge is 0.495 e. The van der Waals surface area contributed by atoms with Gasteiger partial charge in [0.1, 0.15) is 28.7 Å². The highest BCUT2D eigenvalue weighted by Crippen LogP contribution is 2.37. The molecule has 2 saturated heterocycles. The molecular weight excluding hydrogens is 1840 g/mol. The first-order valence-electron chi connectivity index (χ1n) is 43.3. The number of nitrogens with one attached hydrogen (secondary N) is 5. The molecule has 722 valence electrons. The number of halogens is 8. The van der Waals surface area contributed by atoms with Crippen LogP contribution in [0.15, 0.2) is 91.0 Å². The van der Waals surface area contributed by atoms with Crippen molar-refractivity contribution in [3.05, 3.63) is 132 Å². The molecule has 6 heterocycles. The molecule has 0 amide bonds. The standard InChI is InChI=1S/C24H27Cl2N5O3.C24H35ClN6O2.C17H20Cl2N4O2.C10H13Cl2N3O.C7H8ClNO.C7H16N2.4CH4/c1-32-20-10-8-16(12-18(20)25)27-22-29-23(28-17-9-11-21(33-2)19(26)13-17)31-24(30-22)34-14-15-6-4-3-5-7-15;1-30-13-11-19(12-14-30)31(2)23-27-22(26-18-9-10-21(32-3)20(25)15-18)28-24(29-23)33-16-17-7-5-4-6-8-17;1-24-14-8-7-12(9-13(14)18)20-16-21-15(19)22-17(23-16)25-10-11-5-3-2-4-6-11;11-8-13-9(12)15-10(14-8)16-6-7-4-2-1-3-5-7;1-10-7-3-2-5(9)4-6(7)8;1-8-7-3-5-9(2)6-4-7;;;;/h8-13,15H,3-7,14H2,1-2H3,(H2,27,28,29,30,31);9-10,15,17,19H,4-8,11-14,16H2,1-3H3,(H,26,27,28,29);7-9,11H,2-6,10H2,1H3,(H,20,21,22,23);7H,1-6H2;2-4H,9H2,1H3;7-8H,3-6H2,1-2H3;4*1H4. The molecule has 15 rings (SSSR count). The Labute approximate surface area is 815 Å². The summed E-state index contributed by atoms with van der Waals surface area (Å²) in [6.45, 7) is 7.11. The number of piperidine rings is 2. The van der Waals surface area contributed by atoms with Crippen molar-refractivity contribution in [3.63, 3.8) is 0 Å². The fraction of sp³-hybridized carbons (Fsp3) is 0.548. The molecule has 5 aromatic carbocycles. The van der Waals surface area contributed by atoms with Crippen LogP contribution in [0.3, 0.4) is 0 Å². The molecule has 0 atom stereocenters. The zero-order valence-electron chi connectivity index (χ0n) is 73.7. The summed E-state index contributed by atoms with van der Waals surface area (Å²) < 4.78 is 49.0. The molecule has 131 heavy (non-hydrogen) atoms. The first kappa shape index (κ1) is 111. The highest BCUT2D eigenvalue weighted by molar-refractivity contribution is 6.34. The van der Waals surface area contributed by atoms with Crippen LogP contribution in [0.4, 0.5) is 58.2 Å². The smallest absolute Gasteiger partial charge is 0.323 e. The Morgan fingerprint density at radius 1 is 0.336 bits per heavy atom. The minimum Gasteiger partial charge on any atom is -0.495 e. The summed E-state index contributed by atoms with van der Waals surface area (Å²) in [6, 6.07) is 28.8. The predicted octanol–water partition coefficient (Wildman–Crippen LogP) is 24.2. The predicted molar refractivity (Wildman–Crippen MR) is 536 cm³/mol. The number of likely N-dealkylation sites (tertiary alicyclic amines) is 2. The van der Waals surface area contributed by atoms with Gasteiger partial charge in [-0.15, -0.1) is 0 Å². The van der Waals surface area contributed by atoms with Crippen LogP contribution in [0.5, 0.6) is 52.8 Å². The number of hydrogen-bond donors (Lipinski definition) is 6. The second-order valence-corrected chi connectivity index (χ2v) is 35.0. The third kappa shape index (κ3) is 38.3. The molecule has 30 nitrogen and oxygen atoms in total. The van der Waals surface area contributed by atoms with Crippen LogP contribution in [0, 0.1) is 23.7 Å². The maximum Gasteiger partial charge on any atom is 0.323 e. The summed E-state index contributed by atoms with van der Waals surface area (Å²) in [5, 5.41) is 18.6. The van der Waals surface area contributed by atoms with Gasteiger partial charge in [-0.05, 0) is 274 Å². The van der Waals surface area contributed by atoms with E-state index >= 15 is 0 Å². The topological polar surface area (TPSA) is 334 Å². The van der Waals surface area contributed by atoms with E-state index in [1.54, 1.807) is 96.2 Å². The van der Waals surface area contributed by atoms with E-state index in [0.717, 1.165) is 50.5 Å². The minimum absolute atomic E-state index is 0. The Morgan fingerprint density at radius 3 is 0.924 bits per heavy atom. The second-order valence-electron chi connectivity index (χ2n) is 31.9. The molecule has 4 aromatic heterocycles. The number of rotatable bonds is 28. The molecule has 9 aromatic rings. The second kappa shape index (κ2) is 59.2. The zero-order valence-corrected chi connectivity index (χ0v) is 79.8. The van der Waals surface area contributed by atoms with Crippen LogP contribution in [-0.2, 0) is 0 Å². The number of anilines is 10. The molecule has 0 radical (unpaired) electrons. The lowest BCUT2D eigenvalue weighted by molar-refractivity contribution is 0.196. The van der Waals surface area contributed by atoms with E-state index in [2.05, 4.69) is 124 Å². The molecular formula is C93H135Cl8N21O9. The number of aromatic nitrogens is 12. The molecule has 7 N–H and O–H groups in total. The lowest BCUT2D eigenvalue weighted by Gasteiger charge is -2.35. The van der Waals surface area contributed by atoms with Crippen LogP contribution in [-0.4, -0.2) is 198 Å². The first-order chi connectivity index (χ1) is 61.5. The average molecular weight is 1970 g/mol. The summed E-state index contributed by atoms with van der Waals surface area (Å²) in [6.07, 6.45) is 29.7. The Morgan fingerprint density at radius 2 is 0.611 bits per heavy atom. The average Bonchev–Trinajstić information content (AvgIpc) is 0.814. The van der Waals surface area contributed by atoms with Gasteiger partial charge in [0.25, 0.3) is 0 Å². The number of nitrogens with zero attached hydrogens (tertiary/aromatic N) is 15. The van der Waals surface area contributed by atoms with Gasteiger partial charge in [-0.3, -0.25) is 0 Å². The third-order valence-electron chi connectivity index (χ3n) is 22.5. The van der Waals surface area contributed by atoms with Gasteiger partial charge in [0.05, 0.1) is 87.1 Å². The fourth-order valence-electron chi connectivity index (χ4n) is 15.2. The van der Waals surface area contributed by atoms with Crippen molar-refractivity contribution in [1.82, 2.24) is 74.9 Å². The van der Waals surface area contributed by atoms with Gasteiger partial charge in [0, 0.05) is 47.6 Å². The fourth-order valence-corrected chi connectivity index (χ4v) is 17.0. The minimum atomic E-state index is 0. The van der Waals surface area contributed by atoms with Crippen molar-refractivity contribution in [2.45, 2.75) is 196 Å². The van der Waals surface area contributed by atoms with Gasteiger partial charge in [0.15, 0.2) is 0 Å². The molecule has 38 heteroatoms. The summed E-state index contributed by atoms with van der Waals surface area (Å²) in [4.78, 5) is 58.0. The molecule has 4 aliphatic carbocycles. The van der Waals surface area contributed by atoms with Gasteiger partial charge in [-0.1, -0.05) is 165 Å². The Hall–Kier alpha value is -8.66. The normalized spacial score (nSPS) is 15.6. The van der Waals surface area contributed by atoms with Crippen LogP contribution in [0.1, 0.15) is 184 Å². The van der Waals surface area contributed by atoms with Crippen LogP contribution in [0.2, 0.25) is 41.0 Å². The van der Waals surface area contributed by atoms with E-state index in [1.165, 1.54) is 142 Å². The molecule has 0 spiro atoms. The molecule has 4 saturated carbocycles. The number of methoxy groups -OCH3 is 5.